The third-order valence-electron chi connectivity index (χ3n) is 8.13. The third kappa shape index (κ3) is 5.30. The van der Waals surface area contributed by atoms with Gasteiger partial charge in [-0.15, -0.1) is 0 Å². The van der Waals surface area contributed by atoms with Gasteiger partial charge in [-0.1, -0.05) is 13.8 Å². The van der Waals surface area contributed by atoms with Crippen molar-refractivity contribution in [2.45, 2.75) is 88.7 Å². The normalized spacial score (nSPS) is 23.4. The highest BCUT2D eigenvalue weighted by Gasteiger charge is 2.42. The minimum Gasteiger partial charge on any atom is -0.461 e. The molecule has 212 valence electrons. The molecule has 5 rings (SSSR count). The zero-order chi connectivity index (χ0) is 28.1. The van der Waals surface area contributed by atoms with E-state index in [0.717, 1.165) is 24.1 Å². The summed E-state index contributed by atoms with van der Waals surface area (Å²) in [4.78, 5) is 24.3. The number of amides is 1. The standard InChI is InChI=1S/C28H37FN4O5S/c1-28(2)13-23-26(39(36,37)15-28)19-5-3-4-6-22(19)33(23)17-11-20(29)25(27(31)35)21(12-17)32-16-7-9-18(10-8-16)38-24(34)14-30/h11-12,16,18,32H,3-10,13-15,30H2,1-2H3,(H2,31,35). The van der Waals surface area contributed by atoms with Crippen molar-refractivity contribution in [1.29, 1.82) is 0 Å². The monoisotopic (exact) mass is 560 g/mol. The number of benzene rings is 1. The summed E-state index contributed by atoms with van der Waals surface area (Å²) in [6.45, 7) is 3.71. The average molecular weight is 561 g/mol. The maximum Gasteiger partial charge on any atom is 0.319 e. The summed E-state index contributed by atoms with van der Waals surface area (Å²) in [6.07, 6.45) is 6.05. The molecule has 0 spiro atoms. The molecule has 0 atom stereocenters. The van der Waals surface area contributed by atoms with Crippen LogP contribution < -0.4 is 16.8 Å². The van der Waals surface area contributed by atoms with E-state index in [0.29, 0.717) is 61.2 Å². The molecule has 0 bridgehead atoms. The van der Waals surface area contributed by atoms with Crippen LogP contribution in [0.4, 0.5) is 10.1 Å². The summed E-state index contributed by atoms with van der Waals surface area (Å²) in [5.41, 5.74) is 13.5. The van der Waals surface area contributed by atoms with E-state index in [9.17, 15) is 18.0 Å². The number of esters is 1. The van der Waals surface area contributed by atoms with Crippen LogP contribution in [0.2, 0.25) is 0 Å². The minimum atomic E-state index is -3.51. The third-order valence-corrected chi connectivity index (χ3v) is 10.4. The van der Waals surface area contributed by atoms with Crippen molar-refractivity contribution in [3.63, 3.8) is 0 Å². The molecular formula is C28H37FN4O5S. The molecule has 5 N–H and O–H groups in total. The fraction of sp³-hybridized carbons (Fsp3) is 0.571. The lowest BCUT2D eigenvalue weighted by atomic mass is 9.89. The molecule has 39 heavy (non-hydrogen) atoms. The number of aromatic nitrogens is 1. The number of fused-ring (bicyclic) bond motifs is 3. The summed E-state index contributed by atoms with van der Waals surface area (Å²) in [5.74, 6) is -2.00. The van der Waals surface area contributed by atoms with Crippen molar-refractivity contribution in [1.82, 2.24) is 4.57 Å². The van der Waals surface area contributed by atoms with Crippen LogP contribution in [-0.2, 0) is 38.6 Å². The first-order chi connectivity index (χ1) is 18.4. The van der Waals surface area contributed by atoms with Crippen molar-refractivity contribution < 1.29 is 27.1 Å². The highest BCUT2D eigenvalue weighted by atomic mass is 32.2. The van der Waals surface area contributed by atoms with Gasteiger partial charge in [-0.3, -0.25) is 9.59 Å². The lowest BCUT2D eigenvalue weighted by Crippen LogP contribution is -2.33. The van der Waals surface area contributed by atoms with Gasteiger partial charge in [0.15, 0.2) is 9.84 Å². The van der Waals surface area contributed by atoms with E-state index < -0.39 is 32.9 Å². The molecule has 1 saturated carbocycles. The molecule has 1 amide bonds. The number of nitrogens with zero attached hydrogens (tertiary/aromatic N) is 1. The van der Waals surface area contributed by atoms with Crippen LogP contribution in [0, 0.1) is 11.2 Å². The Bertz CT molecular complexity index is 1420. The number of nitrogens with one attached hydrogen (secondary N) is 1. The number of nitrogens with two attached hydrogens (primary N) is 2. The van der Waals surface area contributed by atoms with Gasteiger partial charge in [-0.2, -0.15) is 0 Å². The first kappa shape index (κ1) is 27.6. The maximum atomic E-state index is 15.6. The van der Waals surface area contributed by atoms with Crippen LogP contribution >= 0.6 is 0 Å². The number of ether oxygens (including phenoxy) is 1. The van der Waals surface area contributed by atoms with Crippen LogP contribution in [0.5, 0.6) is 0 Å². The molecule has 0 unspecified atom stereocenters. The second-order valence-corrected chi connectivity index (χ2v) is 13.8. The fourth-order valence-electron chi connectivity index (χ4n) is 6.61. The molecule has 2 heterocycles. The zero-order valence-electron chi connectivity index (χ0n) is 22.5. The Hall–Kier alpha value is -2.92. The molecule has 1 aliphatic heterocycles. The predicted molar refractivity (Wildman–Crippen MR) is 145 cm³/mol. The number of hydrogen-bond acceptors (Lipinski definition) is 7. The van der Waals surface area contributed by atoms with Gasteiger partial charge in [0.25, 0.3) is 5.91 Å². The van der Waals surface area contributed by atoms with E-state index in [-0.39, 0.29) is 35.7 Å². The molecule has 3 aliphatic rings. The van der Waals surface area contributed by atoms with Crippen LogP contribution in [0.1, 0.15) is 79.7 Å². The Morgan fingerprint density at radius 2 is 1.82 bits per heavy atom. The van der Waals surface area contributed by atoms with Gasteiger partial charge in [0.05, 0.1) is 34.1 Å². The summed E-state index contributed by atoms with van der Waals surface area (Å²) in [7, 11) is -3.51. The summed E-state index contributed by atoms with van der Waals surface area (Å²) < 4.78 is 49.8. The van der Waals surface area contributed by atoms with E-state index >= 15 is 4.39 Å². The van der Waals surface area contributed by atoms with Crippen LogP contribution in [0.3, 0.4) is 0 Å². The Kier molecular flexibility index (Phi) is 7.26. The molecule has 1 fully saturated rings. The topological polar surface area (TPSA) is 147 Å². The van der Waals surface area contributed by atoms with Crippen molar-refractivity contribution in [2.24, 2.45) is 16.9 Å². The molecule has 0 radical (unpaired) electrons. The molecule has 11 heteroatoms. The SMILES string of the molecule is CC1(C)Cc2c(c3c(n2-c2cc(F)c(C(N)=O)c(NC4CCC(OC(=O)CN)CC4)c2)CCCC3)S(=O)(=O)C1. The lowest BCUT2D eigenvalue weighted by Gasteiger charge is -2.31. The second kappa shape index (κ2) is 10.2. The number of halogens is 1. The zero-order valence-corrected chi connectivity index (χ0v) is 23.3. The summed E-state index contributed by atoms with van der Waals surface area (Å²) in [6, 6.07) is 2.92. The Labute approximate surface area is 228 Å². The molecule has 1 aromatic heterocycles. The quantitative estimate of drug-likeness (QED) is 0.460. The number of hydrogen-bond donors (Lipinski definition) is 3. The molecule has 9 nitrogen and oxygen atoms in total. The number of primary amides is 1. The van der Waals surface area contributed by atoms with Gasteiger partial charge < -0.3 is 26.1 Å². The van der Waals surface area contributed by atoms with E-state index in [1.54, 1.807) is 6.07 Å². The molecule has 0 saturated heterocycles. The van der Waals surface area contributed by atoms with Crippen molar-refractivity contribution >= 4 is 27.4 Å². The summed E-state index contributed by atoms with van der Waals surface area (Å²) >= 11 is 0. The number of sulfone groups is 1. The number of rotatable bonds is 6. The Morgan fingerprint density at radius 1 is 1.13 bits per heavy atom. The van der Waals surface area contributed by atoms with Gasteiger partial charge >= 0.3 is 5.97 Å². The molecular weight excluding hydrogens is 523 g/mol. The highest BCUT2D eigenvalue weighted by molar-refractivity contribution is 7.91. The van der Waals surface area contributed by atoms with Gasteiger partial charge in [-0.25, -0.2) is 12.8 Å². The minimum absolute atomic E-state index is 0.0779. The van der Waals surface area contributed by atoms with Crippen LogP contribution in [-0.4, -0.2) is 49.3 Å². The molecule has 2 aromatic rings. The average Bonchev–Trinajstić information content (AvgIpc) is 3.17. The largest absolute Gasteiger partial charge is 0.461 e. The van der Waals surface area contributed by atoms with Gasteiger partial charge in [0, 0.05) is 17.4 Å². The van der Waals surface area contributed by atoms with E-state index in [1.165, 1.54) is 6.07 Å². The van der Waals surface area contributed by atoms with Crippen molar-refractivity contribution in [3.05, 3.63) is 40.5 Å². The number of carbonyl (C=O) groups excluding carboxylic acids is 2. The number of carbonyl (C=O) groups is 2. The number of anilines is 1. The van der Waals surface area contributed by atoms with Gasteiger partial charge in [-0.05, 0) is 80.9 Å². The predicted octanol–water partition coefficient (Wildman–Crippen LogP) is 3.18. The van der Waals surface area contributed by atoms with Gasteiger partial charge in [0.1, 0.15) is 11.9 Å². The lowest BCUT2D eigenvalue weighted by molar-refractivity contribution is -0.148. The fourth-order valence-corrected chi connectivity index (χ4v) is 9.01. The maximum absolute atomic E-state index is 15.6. The summed E-state index contributed by atoms with van der Waals surface area (Å²) in [5, 5.41) is 3.32. The Morgan fingerprint density at radius 3 is 2.49 bits per heavy atom. The van der Waals surface area contributed by atoms with Crippen LogP contribution in [0.25, 0.3) is 5.69 Å². The van der Waals surface area contributed by atoms with E-state index in [1.807, 2.05) is 18.4 Å². The second-order valence-electron chi connectivity index (χ2n) is 11.9. The first-order valence-electron chi connectivity index (χ1n) is 13.7. The van der Waals surface area contributed by atoms with Crippen molar-refractivity contribution in [2.75, 3.05) is 17.6 Å². The first-order valence-corrected chi connectivity index (χ1v) is 15.3. The van der Waals surface area contributed by atoms with Crippen molar-refractivity contribution in [3.8, 4) is 5.69 Å². The molecule has 2 aliphatic carbocycles. The Balaban J connectivity index is 1.55. The molecule has 1 aromatic carbocycles. The highest BCUT2D eigenvalue weighted by Crippen LogP contribution is 2.44. The smallest absolute Gasteiger partial charge is 0.319 e. The van der Waals surface area contributed by atoms with Gasteiger partial charge in [0.2, 0.25) is 0 Å². The van der Waals surface area contributed by atoms with Crippen LogP contribution in [0.15, 0.2) is 17.0 Å². The van der Waals surface area contributed by atoms with E-state index in [2.05, 4.69) is 5.32 Å². The van der Waals surface area contributed by atoms with E-state index in [4.69, 9.17) is 16.2 Å².